The number of anilines is 1. The molecule has 0 fully saturated rings. The van der Waals surface area contributed by atoms with Crippen molar-refractivity contribution in [1.82, 2.24) is 20.3 Å². The normalized spacial score (nSPS) is 10.5. The number of nitriles is 1. The lowest BCUT2D eigenvalue weighted by atomic mass is 10.0. The highest BCUT2D eigenvalue weighted by Gasteiger charge is 2.12. The van der Waals surface area contributed by atoms with Gasteiger partial charge in [0.2, 0.25) is 0 Å². The predicted molar refractivity (Wildman–Crippen MR) is 133 cm³/mol. The van der Waals surface area contributed by atoms with Crippen LogP contribution in [0, 0.1) is 18.3 Å². The Bertz CT molecular complexity index is 1470. The number of aryl methyl sites for hydroxylation is 1. The summed E-state index contributed by atoms with van der Waals surface area (Å²) in [5.41, 5.74) is 11.3. The van der Waals surface area contributed by atoms with E-state index >= 15 is 0 Å². The molecule has 174 valence electrons. The molecule has 3 heterocycles. The molecule has 4 rings (SSSR count). The lowest BCUT2D eigenvalue weighted by Gasteiger charge is -2.11. The summed E-state index contributed by atoms with van der Waals surface area (Å²) in [5.74, 6) is 0.00635. The highest BCUT2D eigenvalue weighted by atomic mass is 16.1. The third-order valence-corrected chi connectivity index (χ3v) is 5.68. The lowest BCUT2D eigenvalue weighted by molar-refractivity contribution is 0.0950. The molecule has 0 aliphatic carbocycles. The number of nitrogens with two attached hydrogens (primary N) is 1. The average Bonchev–Trinajstić information content (AvgIpc) is 2.85. The number of benzene rings is 1. The van der Waals surface area contributed by atoms with Gasteiger partial charge in [0, 0.05) is 54.2 Å². The minimum absolute atomic E-state index is 0.0810. The zero-order valence-electron chi connectivity index (χ0n) is 19.2. The summed E-state index contributed by atoms with van der Waals surface area (Å²) < 4.78 is 0. The van der Waals surface area contributed by atoms with Crippen molar-refractivity contribution in [1.29, 1.82) is 5.26 Å². The molecule has 1 aromatic carbocycles. The van der Waals surface area contributed by atoms with E-state index in [9.17, 15) is 14.9 Å². The first kappa shape index (κ1) is 23.4. The largest absolute Gasteiger partial charge is 0.384 e. The molecule has 0 unspecified atom stereocenters. The lowest BCUT2D eigenvalue weighted by Crippen LogP contribution is -2.24. The van der Waals surface area contributed by atoms with Crippen molar-refractivity contribution < 1.29 is 4.79 Å². The molecule has 35 heavy (non-hydrogen) atoms. The number of carbonyl (C=O) groups is 1. The first-order valence-corrected chi connectivity index (χ1v) is 11.1. The van der Waals surface area contributed by atoms with Crippen LogP contribution in [0.1, 0.15) is 49.6 Å². The van der Waals surface area contributed by atoms with Crippen molar-refractivity contribution in [2.45, 2.75) is 26.3 Å². The summed E-state index contributed by atoms with van der Waals surface area (Å²) in [4.78, 5) is 35.8. The SMILES string of the molecule is Cc1cc(N)nc(C#N)c1CNC(=O)c1ccnc(Cc2ccc(Cc3ccc[nH]c3=O)cc2)c1. The molecule has 4 aromatic rings. The Labute approximate surface area is 202 Å². The maximum atomic E-state index is 12.8. The van der Waals surface area contributed by atoms with Crippen LogP contribution in [0.25, 0.3) is 0 Å². The van der Waals surface area contributed by atoms with Crippen LogP contribution >= 0.6 is 0 Å². The Morgan fingerprint density at radius 2 is 1.86 bits per heavy atom. The minimum Gasteiger partial charge on any atom is -0.384 e. The number of hydrogen-bond donors (Lipinski definition) is 3. The molecule has 0 saturated heterocycles. The summed E-state index contributed by atoms with van der Waals surface area (Å²) in [5, 5.41) is 12.2. The van der Waals surface area contributed by atoms with Crippen LogP contribution < -0.4 is 16.6 Å². The Morgan fingerprint density at radius 1 is 1.11 bits per heavy atom. The Morgan fingerprint density at radius 3 is 2.57 bits per heavy atom. The number of nitrogens with one attached hydrogen (secondary N) is 2. The molecule has 0 radical (unpaired) electrons. The highest BCUT2D eigenvalue weighted by Crippen LogP contribution is 2.16. The van der Waals surface area contributed by atoms with Gasteiger partial charge >= 0.3 is 0 Å². The van der Waals surface area contributed by atoms with Crippen LogP contribution in [0.15, 0.2) is 71.8 Å². The number of amides is 1. The Balaban J connectivity index is 1.41. The number of hydrogen-bond acceptors (Lipinski definition) is 6. The summed E-state index contributed by atoms with van der Waals surface area (Å²) >= 11 is 0. The highest BCUT2D eigenvalue weighted by molar-refractivity contribution is 5.94. The van der Waals surface area contributed by atoms with E-state index in [0.29, 0.717) is 29.5 Å². The zero-order valence-corrected chi connectivity index (χ0v) is 19.2. The molecule has 8 nitrogen and oxygen atoms in total. The van der Waals surface area contributed by atoms with Gasteiger partial charge in [-0.3, -0.25) is 14.6 Å². The summed E-state index contributed by atoms with van der Waals surface area (Å²) in [7, 11) is 0. The molecule has 0 spiro atoms. The molecule has 0 atom stereocenters. The second-order valence-corrected chi connectivity index (χ2v) is 8.22. The number of nitrogen functional groups attached to an aromatic ring is 1. The summed E-state index contributed by atoms with van der Waals surface area (Å²) in [6, 6.07) is 18.7. The van der Waals surface area contributed by atoms with Crippen LogP contribution in [0.3, 0.4) is 0 Å². The van der Waals surface area contributed by atoms with Gasteiger partial charge in [-0.25, -0.2) is 4.98 Å². The maximum Gasteiger partial charge on any atom is 0.251 e. The van der Waals surface area contributed by atoms with E-state index < -0.39 is 0 Å². The smallest absolute Gasteiger partial charge is 0.251 e. The van der Waals surface area contributed by atoms with Gasteiger partial charge in [0.15, 0.2) is 0 Å². The third-order valence-electron chi connectivity index (χ3n) is 5.68. The summed E-state index contributed by atoms with van der Waals surface area (Å²) in [6.45, 7) is 2.00. The molecule has 0 aliphatic heterocycles. The van der Waals surface area contributed by atoms with E-state index in [-0.39, 0.29) is 29.5 Å². The molecular formula is C27H24N6O2. The monoisotopic (exact) mass is 464 g/mol. The van der Waals surface area contributed by atoms with Gasteiger partial charge in [-0.2, -0.15) is 5.26 Å². The minimum atomic E-state index is -0.266. The molecule has 4 N–H and O–H groups in total. The molecule has 0 bridgehead atoms. The molecule has 1 amide bonds. The van der Waals surface area contributed by atoms with Gasteiger partial charge in [0.1, 0.15) is 17.6 Å². The van der Waals surface area contributed by atoms with Gasteiger partial charge in [0.05, 0.1) is 0 Å². The topological polar surface area (TPSA) is 138 Å². The van der Waals surface area contributed by atoms with Crippen molar-refractivity contribution in [3.63, 3.8) is 0 Å². The molecule has 3 aromatic heterocycles. The second-order valence-electron chi connectivity index (χ2n) is 8.22. The Kier molecular flexibility index (Phi) is 6.98. The quantitative estimate of drug-likeness (QED) is 0.384. The van der Waals surface area contributed by atoms with E-state index in [2.05, 4.69) is 20.3 Å². The number of nitrogens with zero attached hydrogens (tertiary/aromatic N) is 3. The fourth-order valence-corrected chi connectivity index (χ4v) is 3.83. The molecule has 8 heteroatoms. The molecular weight excluding hydrogens is 440 g/mol. The van der Waals surface area contributed by atoms with Crippen molar-refractivity contribution in [3.8, 4) is 6.07 Å². The van der Waals surface area contributed by atoms with Crippen LogP contribution in [0.4, 0.5) is 5.82 Å². The third kappa shape index (κ3) is 5.78. The number of rotatable bonds is 7. The number of carbonyl (C=O) groups excluding carboxylic acids is 1. The van der Waals surface area contributed by atoms with E-state index in [4.69, 9.17) is 5.73 Å². The number of H-pyrrole nitrogens is 1. The van der Waals surface area contributed by atoms with Crippen molar-refractivity contribution >= 4 is 11.7 Å². The van der Waals surface area contributed by atoms with E-state index in [1.807, 2.05) is 49.4 Å². The van der Waals surface area contributed by atoms with Gasteiger partial charge < -0.3 is 16.0 Å². The van der Waals surface area contributed by atoms with Crippen molar-refractivity contribution in [2.75, 3.05) is 5.73 Å². The van der Waals surface area contributed by atoms with E-state index in [1.165, 1.54) is 0 Å². The second kappa shape index (κ2) is 10.4. The van der Waals surface area contributed by atoms with E-state index in [0.717, 1.165) is 22.4 Å². The number of aromatic amines is 1. The predicted octanol–water partition coefficient (Wildman–Crippen LogP) is 3.04. The van der Waals surface area contributed by atoms with Crippen molar-refractivity contribution in [2.24, 2.45) is 0 Å². The summed E-state index contributed by atoms with van der Waals surface area (Å²) in [6.07, 6.45) is 4.35. The maximum absolute atomic E-state index is 12.8. The van der Waals surface area contributed by atoms with Gasteiger partial charge in [-0.05, 0) is 47.9 Å². The molecule has 0 aliphatic rings. The van der Waals surface area contributed by atoms with Gasteiger partial charge in [-0.15, -0.1) is 0 Å². The van der Waals surface area contributed by atoms with Gasteiger partial charge in [-0.1, -0.05) is 30.3 Å². The van der Waals surface area contributed by atoms with Crippen LogP contribution in [0.5, 0.6) is 0 Å². The van der Waals surface area contributed by atoms with Crippen LogP contribution in [0.2, 0.25) is 0 Å². The van der Waals surface area contributed by atoms with Crippen LogP contribution in [-0.2, 0) is 19.4 Å². The van der Waals surface area contributed by atoms with Crippen LogP contribution in [-0.4, -0.2) is 20.9 Å². The van der Waals surface area contributed by atoms with E-state index in [1.54, 1.807) is 30.6 Å². The average molecular weight is 465 g/mol. The fourth-order valence-electron chi connectivity index (χ4n) is 3.83. The fraction of sp³-hybridized carbons (Fsp3) is 0.148. The standard InChI is InChI=1S/C27H24N6O2/c1-17-11-25(29)33-24(15-28)23(17)16-32-27(35)21-8-10-30-22(14-21)13-19-6-4-18(5-7-19)12-20-3-2-9-31-26(20)34/h2-11,14H,12-13,16H2,1H3,(H2,29,33)(H,31,34)(H,32,35). The molecule has 0 saturated carbocycles. The number of pyridine rings is 3. The zero-order chi connectivity index (χ0) is 24.8. The van der Waals surface area contributed by atoms with Crippen molar-refractivity contribution in [3.05, 3.63) is 122 Å². The Hall–Kier alpha value is -4.77. The first-order valence-electron chi connectivity index (χ1n) is 11.1. The first-order chi connectivity index (χ1) is 16.9. The van der Waals surface area contributed by atoms with Gasteiger partial charge in [0.25, 0.3) is 11.5 Å². The number of aromatic nitrogens is 3.